The highest BCUT2D eigenvalue weighted by atomic mass is 32.2. The molecule has 4 rings (SSSR count). The summed E-state index contributed by atoms with van der Waals surface area (Å²) in [6.45, 7) is 1.88. The Morgan fingerprint density at radius 1 is 1.21 bits per heavy atom. The number of aromatic nitrogens is 2. The number of fused-ring (bicyclic) bond motifs is 1. The summed E-state index contributed by atoms with van der Waals surface area (Å²) in [6, 6.07) is 9.12. The van der Waals surface area contributed by atoms with Crippen LogP contribution < -0.4 is 4.74 Å². The number of aromatic amines is 1. The lowest BCUT2D eigenvalue weighted by Gasteiger charge is -2.21. The zero-order valence-corrected chi connectivity index (χ0v) is 16.6. The monoisotopic (exact) mass is 404 g/mol. The number of sulfonamides is 1. The fraction of sp³-hybridized carbons (Fsp3) is 0.474. The minimum absolute atomic E-state index is 0.0443. The number of likely N-dealkylation sites (tertiary alicyclic amines) is 1. The summed E-state index contributed by atoms with van der Waals surface area (Å²) in [6.07, 6.45) is 2.69. The molecule has 3 heterocycles. The van der Waals surface area contributed by atoms with Crippen LogP contribution in [-0.4, -0.2) is 65.7 Å². The number of nitrogens with zero attached hydrogens (tertiary/aromatic N) is 3. The molecule has 8 nitrogen and oxygen atoms in total. The predicted octanol–water partition coefficient (Wildman–Crippen LogP) is 1.48. The van der Waals surface area contributed by atoms with Gasteiger partial charge in [-0.3, -0.25) is 9.89 Å². The summed E-state index contributed by atoms with van der Waals surface area (Å²) in [7, 11) is -1.78. The molecule has 2 fully saturated rings. The van der Waals surface area contributed by atoms with Crippen LogP contribution in [0.5, 0.6) is 5.75 Å². The minimum Gasteiger partial charge on any atom is -0.497 e. The van der Waals surface area contributed by atoms with E-state index in [2.05, 4.69) is 10.2 Å². The lowest BCUT2D eigenvalue weighted by atomic mass is 10.0. The van der Waals surface area contributed by atoms with Gasteiger partial charge in [0.05, 0.1) is 12.4 Å². The average Bonchev–Trinajstić information content (AvgIpc) is 3.24. The van der Waals surface area contributed by atoms with Crippen molar-refractivity contribution in [2.24, 2.45) is 5.92 Å². The third kappa shape index (κ3) is 3.51. The molecule has 28 heavy (non-hydrogen) atoms. The molecule has 2 atom stereocenters. The Morgan fingerprint density at radius 2 is 1.96 bits per heavy atom. The molecule has 150 valence electrons. The Labute approximate surface area is 164 Å². The zero-order chi connectivity index (χ0) is 19.7. The normalized spacial score (nSPS) is 24.5. The van der Waals surface area contributed by atoms with Crippen molar-refractivity contribution < 1.29 is 17.9 Å². The molecule has 0 unspecified atom stereocenters. The van der Waals surface area contributed by atoms with Crippen molar-refractivity contribution in [1.29, 1.82) is 0 Å². The Bertz CT molecular complexity index is 927. The van der Waals surface area contributed by atoms with Gasteiger partial charge >= 0.3 is 0 Å². The van der Waals surface area contributed by atoms with Crippen molar-refractivity contribution >= 4 is 15.9 Å². The van der Waals surface area contributed by atoms with E-state index >= 15 is 0 Å². The van der Waals surface area contributed by atoms with Crippen LogP contribution in [0.4, 0.5) is 0 Å². The summed E-state index contributed by atoms with van der Waals surface area (Å²) < 4.78 is 32.9. The molecule has 1 N–H and O–H groups in total. The number of H-pyrrole nitrogens is 1. The van der Waals surface area contributed by atoms with Crippen LogP contribution in [0, 0.1) is 5.92 Å². The van der Waals surface area contributed by atoms with Crippen molar-refractivity contribution in [2.75, 3.05) is 26.7 Å². The Hall–Kier alpha value is -2.39. The van der Waals surface area contributed by atoms with Gasteiger partial charge in [0.2, 0.25) is 10.0 Å². The van der Waals surface area contributed by atoms with Gasteiger partial charge in [-0.15, -0.1) is 0 Å². The van der Waals surface area contributed by atoms with Gasteiger partial charge in [-0.2, -0.15) is 9.40 Å². The highest BCUT2D eigenvalue weighted by Crippen LogP contribution is 2.35. The summed E-state index contributed by atoms with van der Waals surface area (Å²) in [4.78, 5) is 14.3. The molecule has 2 aromatic rings. The van der Waals surface area contributed by atoms with Gasteiger partial charge in [0.1, 0.15) is 11.4 Å². The number of nitrogens with one attached hydrogen (secondary N) is 1. The molecule has 1 amide bonds. The third-order valence-electron chi connectivity index (χ3n) is 5.70. The van der Waals surface area contributed by atoms with Crippen molar-refractivity contribution in [2.45, 2.75) is 24.6 Å². The highest BCUT2D eigenvalue weighted by Gasteiger charge is 2.47. The number of carbonyl (C=O) groups is 1. The van der Waals surface area contributed by atoms with Crippen LogP contribution in [-0.2, 0) is 16.6 Å². The first-order valence-corrected chi connectivity index (χ1v) is 10.9. The number of benzene rings is 1. The van der Waals surface area contributed by atoms with Crippen LogP contribution in [0.25, 0.3) is 0 Å². The molecule has 0 radical (unpaired) electrons. The average molecular weight is 404 g/mol. The summed E-state index contributed by atoms with van der Waals surface area (Å²) in [5.41, 5.74) is 1.38. The van der Waals surface area contributed by atoms with Crippen LogP contribution in [0.1, 0.15) is 28.9 Å². The number of ether oxygens (including phenoxy) is 1. The maximum atomic E-state index is 13.1. The molecule has 0 spiro atoms. The van der Waals surface area contributed by atoms with E-state index in [1.54, 1.807) is 28.6 Å². The molecule has 9 heteroatoms. The number of hydrogen-bond acceptors (Lipinski definition) is 5. The molecule has 0 bridgehead atoms. The first kappa shape index (κ1) is 18.9. The van der Waals surface area contributed by atoms with Gasteiger partial charge in [-0.25, -0.2) is 8.42 Å². The number of amides is 1. The number of carbonyl (C=O) groups excluding carboxylic acids is 1. The third-order valence-corrected chi connectivity index (χ3v) is 8.08. The number of hydrogen-bond donors (Lipinski definition) is 1. The number of methoxy groups -OCH3 is 1. The maximum absolute atomic E-state index is 13.1. The van der Waals surface area contributed by atoms with Gasteiger partial charge in [0.15, 0.2) is 0 Å². The summed E-state index contributed by atoms with van der Waals surface area (Å²) >= 11 is 0. The Kier molecular flexibility index (Phi) is 5.11. The smallest absolute Gasteiger partial charge is 0.271 e. The van der Waals surface area contributed by atoms with E-state index in [1.807, 2.05) is 24.3 Å². The second kappa shape index (κ2) is 7.56. The first-order chi connectivity index (χ1) is 13.5. The lowest BCUT2D eigenvalue weighted by molar-refractivity contribution is 0.0753. The number of rotatable bonds is 4. The molecule has 1 aromatic heterocycles. The molecular weight excluding hydrogens is 380 g/mol. The van der Waals surface area contributed by atoms with E-state index in [1.165, 1.54) is 0 Å². The molecule has 1 aromatic carbocycles. The topological polar surface area (TPSA) is 95.6 Å². The Morgan fingerprint density at radius 3 is 2.64 bits per heavy atom. The highest BCUT2D eigenvalue weighted by molar-refractivity contribution is 7.90. The predicted molar refractivity (Wildman–Crippen MR) is 103 cm³/mol. The van der Waals surface area contributed by atoms with Gasteiger partial charge in [0, 0.05) is 32.4 Å². The first-order valence-electron chi connectivity index (χ1n) is 9.39. The lowest BCUT2D eigenvalue weighted by Crippen LogP contribution is -2.34. The van der Waals surface area contributed by atoms with Crippen molar-refractivity contribution in [3.8, 4) is 5.75 Å². The fourth-order valence-corrected chi connectivity index (χ4v) is 6.36. The molecule has 2 saturated heterocycles. The van der Waals surface area contributed by atoms with Crippen LogP contribution in [0.15, 0.2) is 36.5 Å². The molecule has 2 aliphatic heterocycles. The van der Waals surface area contributed by atoms with Gasteiger partial charge in [0.25, 0.3) is 5.91 Å². The van der Waals surface area contributed by atoms with E-state index < -0.39 is 15.3 Å². The quantitative estimate of drug-likeness (QED) is 0.833. The van der Waals surface area contributed by atoms with E-state index in [0.29, 0.717) is 44.7 Å². The van der Waals surface area contributed by atoms with E-state index in [4.69, 9.17) is 4.74 Å². The maximum Gasteiger partial charge on any atom is 0.271 e. The minimum atomic E-state index is -3.38. The van der Waals surface area contributed by atoms with Crippen molar-refractivity contribution in [3.63, 3.8) is 0 Å². The molecular formula is C19H24N4O4S. The van der Waals surface area contributed by atoms with E-state index in [0.717, 1.165) is 11.3 Å². The molecule has 2 aliphatic rings. The zero-order valence-electron chi connectivity index (χ0n) is 15.7. The second-order valence-corrected chi connectivity index (χ2v) is 9.48. The second-order valence-electron chi connectivity index (χ2n) is 7.32. The van der Waals surface area contributed by atoms with Crippen LogP contribution in [0.3, 0.4) is 0 Å². The van der Waals surface area contributed by atoms with Crippen molar-refractivity contribution in [3.05, 3.63) is 47.8 Å². The van der Waals surface area contributed by atoms with E-state index in [-0.39, 0.29) is 11.8 Å². The largest absolute Gasteiger partial charge is 0.497 e. The summed E-state index contributed by atoms with van der Waals surface area (Å²) in [5.74, 6) is 0.674. The van der Waals surface area contributed by atoms with Crippen LogP contribution >= 0.6 is 0 Å². The standard InChI is InChI=1S/C19H24N4O4S/c1-27-16-4-2-14(3-5-16)12-23-13-15-7-10-22(11-8-18(15)28(23,25)26)19(24)17-6-9-20-21-17/h2-6,9,15,18H,7-8,10-13H2,1H3,(H,20,21)/t15-,18+/m0/s1. The van der Waals surface area contributed by atoms with Gasteiger partial charge < -0.3 is 9.64 Å². The van der Waals surface area contributed by atoms with Gasteiger partial charge in [-0.05, 0) is 42.5 Å². The SMILES string of the molecule is COc1ccc(CN2C[C@@H]3CCN(C(=O)c4ccn[nH]4)CC[C@H]3S2(=O)=O)cc1. The molecule has 0 aliphatic carbocycles. The van der Waals surface area contributed by atoms with Crippen molar-refractivity contribution in [1.82, 2.24) is 19.4 Å². The van der Waals surface area contributed by atoms with Gasteiger partial charge in [-0.1, -0.05) is 12.1 Å². The molecule has 0 saturated carbocycles. The van der Waals surface area contributed by atoms with Crippen LogP contribution in [0.2, 0.25) is 0 Å². The van der Waals surface area contributed by atoms with E-state index in [9.17, 15) is 13.2 Å². The summed E-state index contributed by atoms with van der Waals surface area (Å²) in [5, 5.41) is 6.08. The Balaban J connectivity index is 1.44. The fourth-order valence-electron chi connectivity index (χ4n) is 4.13.